The summed E-state index contributed by atoms with van der Waals surface area (Å²) in [6.07, 6.45) is 0.747. The number of non-ortho nitro benzene ring substituents is 1. The molecule has 0 aliphatic carbocycles. The van der Waals surface area contributed by atoms with Crippen molar-refractivity contribution in [1.82, 2.24) is 4.90 Å². The van der Waals surface area contributed by atoms with E-state index < -0.39 is 4.92 Å². The smallest absolute Gasteiger partial charge is 0.270 e. The van der Waals surface area contributed by atoms with Gasteiger partial charge in [-0.3, -0.25) is 14.9 Å². The standard InChI is InChI=1S/C13H15BrN2O4/c1-8-12(5-6-20-8)15(2)13(17)10-7-9(16(18)19)3-4-11(10)14/h3-4,7-8,12H,5-6H2,1-2H3. The zero-order valence-corrected chi connectivity index (χ0v) is 12.8. The Morgan fingerprint density at radius 3 is 2.80 bits per heavy atom. The van der Waals surface area contributed by atoms with Gasteiger partial charge in [0.15, 0.2) is 0 Å². The fourth-order valence-electron chi connectivity index (χ4n) is 2.36. The number of carbonyl (C=O) groups excluding carboxylic acids is 1. The van der Waals surface area contributed by atoms with E-state index in [-0.39, 0.29) is 23.7 Å². The Balaban J connectivity index is 2.28. The molecule has 0 bridgehead atoms. The van der Waals surface area contributed by atoms with E-state index in [0.717, 1.165) is 6.42 Å². The molecule has 1 amide bonds. The number of ether oxygens (including phenoxy) is 1. The molecular formula is C13H15BrN2O4. The van der Waals surface area contributed by atoms with Crippen LogP contribution in [-0.4, -0.2) is 41.5 Å². The van der Waals surface area contributed by atoms with Crippen LogP contribution in [0, 0.1) is 10.1 Å². The van der Waals surface area contributed by atoms with E-state index in [2.05, 4.69) is 15.9 Å². The first-order valence-corrected chi connectivity index (χ1v) is 7.04. The number of nitrogens with zero attached hydrogens (tertiary/aromatic N) is 2. The number of hydrogen-bond donors (Lipinski definition) is 0. The first kappa shape index (κ1) is 14.9. The third-order valence-electron chi connectivity index (χ3n) is 3.55. The highest BCUT2D eigenvalue weighted by atomic mass is 79.9. The molecule has 2 rings (SSSR count). The molecule has 0 radical (unpaired) electrons. The molecule has 1 aromatic rings. The molecule has 1 aliphatic rings. The van der Waals surface area contributed by atoms with Crippen LogP contribution in [0.2, 0.25) is 0 Å². The molecule has 1 saturated heterocycles. The summed E-state index contributed by atoms with van der Waals surface area (Å²) in [6, 6.07) is 4.17. The van der Waals surface area contributed by atoms with E-state index in [1.165, 1.54) is 18.2 Å². The van der Waals surface area contributed by atoms with Gasteiger partial charge < -0.3 is 9.64 Å². The van der Waals surface area contributed by atoms with E-state index in [0.29, 0.717) is 16.6 Å². The van der Waals surface area contributed by atoms with Gasteiger partial charge in [0.2, 0.25) is 0 Å². The van der Waals surface area contributed by atoms with E-state index in [4.69, 9.17) is 4.74 Å². The van der Waals surface area contributed by atoms with Gasteiger partial charge in [0.25, 0.3) is 11.6 Å². The van der Waals surface area contributed by atoms with Crippen LogP contribution in [0.25, 0.3) is 0 Å². The Bertz CT molecular complexity index is 549. The number of halogens is 1. The molecular weight excluding hydrogens is 328 g/mol. The number of carbonyl (C=O) groups is 1. The Morgan fingerprint density at radius 1 is 1.55 bits per heavy atom. The normalized spacial score (nSPS) is 21.8. The molecule has 0 N–H and O–H groups in total. The summed E-state index contributed by atoms with van der Waals surface area (Å²) < 4.78 is 6.00. The van der Waals surface area contributed by atoms with Crippen molar-refractivity contribution in [2.45, 2.75) is 25.5 Å². The average Bonchev–Trinajstić information content (AvgIpc) is 2.83. The van der Waals surface area contributed by atoms with Gasteiger partial charge in [-0.05, 0) is 35.3 Å². The summed E-state index contributed by atoms with van der Waals surface area (Å²) in [4.78, 5) is 24.4. The molecule has 7 heteroatoms. The molecule has 0 aromatic heterocycles. The summed E-state index contributed by atoms with van der Waals surface area (Å²) in [6.45, 7) is 2.55. The third-order valence-corrected chi connectivity index (χ3v) is 4.24. The summed E-state index contributed by atoms with van der Waals surface area (Å²) in [5.41, 5.74) is 0.196. The monoisotopic (exact) mass is 342 g/mol. The minimum absolute atomic E-state index is 0.00587. The largest absolute Gasteiger partial charge is 0.376 e. The van der Waals surface area contributed by atoms with Crippen LogP contribution >= 0.6 is 15.9 Å². The van der Waals surface area contributed by atoms with Crippen LogP contribution in [0.3, 0.4) is 0 Å². The highest BCUT2D eigenvalue weighted by Crippen LogP contribution is 2.26. The van der Waals surface area contributed by atoms with Gasteiger partial charge in [0, 0.05) is 30.3 Å². The number of benzene rings is 1. The molecule has 1 aromatic carbocycles. The molecule has 1 aliphatic heterocycles. The van der Waals surface area contributed by atoms with Crippen molar-refractivity contribution in [1.29, 1.82) is 0 Å². The van der Waals surface area contributed by atoms with Gasteiger partial charge in [-0.25, -0.2) is 0 Å². The first-order chi connectivity index (χ1) is 9.41. The molecule has 2 atom stereocenters. The van der Waals surface area contributed by atoms with Crippen LogP contribution in [0.4, 0.5) is 5.69 Å². The average molecular weight is 343 g/mol. The summed E-state index contributed by atoms with van der Waals surface area (Å²) >= 11 is 3.27. The number of nitro benzene ring substituents is 1. The number of hydrogen-bond acceptors (Lipinski definition) is 4. The van der Waals surface area contributed by atoms with Gasteiger partial charge in [-0.2, -0.15) is 0 Å². The molecule has 108 valence electrons. The van der Waals surface area contributed by atoms with Crippen LogP contribution in [0.1, 0.15) is 23.7 Å². The minimum Gasteiger partial charge on any atom is -0.376 e. The van der Waals surface area contributed by atoms with Gasteiger partial charge in [0.05, 0.1) is 22.6 Å². The summed E-state index contributed by atoms with van der Waals surface area (Å²) in [5, 5.41) is 10.8. The number of amides is 1. The second kappa shape index (κ2) is 5.88. The van der Waals surface area contributed by atoms with Crippen LogP contribution in [-0.2, 0) is 4.74 Å². The highest BCUT2D eigenvalue weighted by Gasteiger charge is 2.32. The predicted molar refractivity (Wildman–Crippen MR) is 76.7 cm³/mol. The maximum atomic E-state index is 12.5. The van der Waals surface area contributed by atoms with Crippen molar-refractivity contribution in [2.75, 3.05) is 13.7 Å². The first-order valence-electron chi connectivity index (χ1n) is 6.24. The van der Waals surface area contributed by atoms with Crippen LogP contribution < -0.4 is 0 Å². The van der Waals surface area contributed by atoms with Crippen molar-refractivity contribution < 1.29 is 14.5 Å². The fraction of sp³-hybridized carbons (Fsp3) is 0.462. The van der Waals surface area contributed by atoms with E-state index >= 15 is 0 Å². The SMILES string of the molecule is CC1OCCC1N(C)C(=O)c1cc([N+](=O)[O-])ccc1Br. The van der Waals surface area contributed by atoms with Gasteiger partial charge in [-0.15, -0.1) is 0 Å². The Kier molecular flexibility index (Phi) is 4.39. The van der Waals surface area contributed by atoms with Crippen LogP contribution in [0.5, 0.6) is 0 Å². The molecule has 20 heavy (non-hydrogen) atoms. The summed E-state index contributed by atoms with van der Waals surface area (Å²) in [5.74, 6) is -0.247. The van der Waals surface area contributed by atoms with Crippen molar-refractivity contribution in [2.24, 2.45) is 0 Å². The van der Waals surface area contributed by atoms with E-state index in [1.807, 2.05) is 6.92 Å². The molecule has 2 unspecified atom stereocenters. The lowest BCUT2D eigenvalue weighted by Crippen LogP contribution is -2.41. The number of rotatable bonds is 3. The van der Waals surface area contributed by atoms with Crippen LogP contribution in [0.15, 0.2) is 22.7 Å². The molecule has 1 fully saturated rings. The lowest BCUT2D eigenvalue weighted by Gasteiger charge is -2.27. The minimum atomic E-state index is -0.509. The number of likely N-dealkylation sites (N-methyl/N-ethyl adjacent to an activating group) is 1. The maximum Gasteiger partial charge on any atom is 0.270 e. The molecule has 1 heterocycles. The van der Waals surface area contributed by atoms with Gasteiger partial charge in [0.1, 0.15) is 0 Å². The lowest BCUT2D eigenvalue weighted by atomic mass is 10.1. The Hall–Kier alpha value is -1.47. The molecule has 0 spiro atoms. The lowest BCUT2D eigenvalue weighted by molar-refractivity contribution is -0.384. The van der Waals surface area contributed by atoms with Gasteiger partial charge in [-0.1, -0.05) is 0 Å². The zero-order chi connectivity index (χ0) is 14.9. The van der Waals surface area contributed by atoms with E-state index in [9.17, 15) is 14.9 Å². The molecule has 6 nitrogen and oxygen atoms in total. The van der Waals surface area contributed by atoms with Crippen molar-refractivity contribution >= 4 is 27.5 Å². The highest BCUT2D eigenvalue weighted by molar-refractivity contribution is 9.10. The quantitative estimate of drug-likeness (QED) is 0.625. The molecule has 0 saturated carbocycles. The second-order valence-electron chi connectivity index (χ2n) is 4.77. The van der Waals surface area contributed by atoms with Crippen molar-refractivity contribution in [3.63, 3.8) is 0 Å². The van der Waals surface area contributed by atoms with Crippen molar-refractivity contribution in [3.05, 3.63) is 38.3 Å². The Morgan fingerprint density at radius 2 is 2.25 bits per heavy atom. The van der Waals surface area contributed by atoms with E-state index in [1.54, 1.807) is 11.9 Å². The maximum absolute atomic E-state index is 12.5. The second-order valence-corrected chi connectivity index (χ2v) is 5.62. The predicted octanol–water partition coefficient (Wildman–Crippen LogP) is 2.61. The number of nitro groups is 1. The zero-order valence-electron chi connectivity index (χ0n) is 11.2. The fourth-order valence-corrected chi connectivity index (χ4v) is 2.78. The summed E-state index contributed by atoms with van der Waals surface area (Å²) in [7, 11) is 1.70. The third kappa shape index (κ3) is 2.83. The Labute approximate surface area is 125 Å². The topological polar surface area (TPSA) is 72.7 Å². The van der Waals surface area contributed by atoms with Crippen molar-refractivity contribution in [3.8, 4) is 0 Å². The van der Waals surface area contributed by atoms with Gasteiger partial charge >= 0.3 is 0 Å².